The average molecular weight is 283 g/mol. The van der Waals surface area contributed by atoms with Crippen molar-refractivity contribution in [3.8, 4) is 0 Å². The Labute approximate surface area is 120 Å². The largest absolute Gasteiger partial charge is 0.451 e. The zero-order valence-electron chi connectivity index (χ0n) is 11.4. The van der Waals surface area contributed by atoms with Gasteiger partial charge in [0.05, 0.1) is 11.6 Å². The molecule has 0 atom stereocenters. The topological polar surface area (TPSA) is 77.1 Å². The van der Waals surface area contributed by atoms with Gasteiger partial charge in [-0.15, -0.1) is 0 Å². The molecule has 0 saturated heterocycles. The van der Waals surface area contributed by atoms with Gasteiger partial charge in [0.25, 0.3) is 5.91 Å². The van der Waals surface area contributed by atoms with Crippen LogP contribution in [0.25, 0.3) is 11.0 Å². The molecule has 1 aromatic carbocycles. The first-order chi connectivity index (χ1) is 10.1. The van der Waals surface area contributed by atoms with E-state index in [1.54, 1.807) is 48.4 Å². The predicted octanol–water partition coefficient (Wildman–Crippen LogP) is 1.46. The fourth-order valence-corrected chi connectivity index (χ4v) is 2.05. The number of hydrogen-bond donors (Lipinski definition) is 1. The van der Waals surface area contributed by atoms with Gasteiger partial charge in [-0.3, -0.25) is 14.3 Å². The molecule has 21 heavy (non-hydrogen) atoms. The fourth-order valence-electron chi connectivity index (χ4n) is 2.05. The first-order valence-electron chi connectivity index (χ1n) is 6.42. The Morgan fingerprint density at radius 3 is 2.95 bits per heavy atom. The van der Waals surface area contributed by atoms with E-state index in [-0.39, 0.29) is 11.2 Å². The number of nitrogens with one attached hydrogen (secondary N) is 1. The lowest BCUT2D eigenvalue weighted by Crippen LogP contribution is -2.23. The van der Waals surface area contributed by atoms with Crippen molar-refractivity contribution in [2.24, 2.45) is 7.05 Å². The van der Waals surface area contributed by atoms with Crippen LogP contribution in [0.3, 0.4) is 0 Å². The molecule has 0 aliphatic rings. The molecule has 3 rings (SSSR count). The second kappa shape index (κ2) is 5.24. The van der Waals surface area contributed by atoms with Crippen molar-refractivity contribution in [1.82, 2.24) is 15.1 Å². The number of carbonyl (C=O) groups is 1. The van der Waals surface area contributed by atoms with E-state index in [1.807, 2.05) is 0 Å². The summed E-state index contributed by atoms with van der Waals surface area (Å²) in [6.45, 7) is 0.323. The highest BCUT2D eigenvalue weighted by Crippen LogP contribution is 2.11. The summed E-state index contributed by atoms with van der Waals surface area (Å²) in [5.41, 5.74) is 1.04. The molecule has 0 unspecified atom stereocenters. The van der Waals surface area contributed by atoms with Crippen LogP contribution in [0.2, 0.25) is 0 Å². The van der Waals surface area contributed by atoms with Crippen LogP contribution >= 0.6 is 0 Å². The monoisotopic (exact) mass is 283 g/mol. The van der Waals surface area contributed by atoms with Crippen molar-refractivity contribution < 1.29 is 9.21 Å². The summed E-state index contributed by atoms with van der Waals surface area (Å²) in [7, 11) is 1.80. The van der Waals surface area contributed by atoms with Gasteiger partial charge in [0.15, 0.2) is 11.2 Å². The van der Waals surface area contributed by atoms with Crippen LogP contribution in [0.4, 0.5) is 0 Å². The number of nitrogens with zero attached hydrogens (tertiary/aromatic N) is 2. The minimum atomic E-state index is -0.429. The Morgan fingerprint density at radius 1 is 1.38 bits per heavy atom. The molecule has 2 heterocycles. The summed E-state index contributed by atoms with van der Waals surface area (Å²) in [6.07, 6.45) is 3.47. The third kappa shape index (κ3) is 2.69. The molecule has 0 aliphatic heterocycles. The van der Waals surface area contributed by atoms with Crippen LogP contribution in [0.1, 0.15) is 16.1 Å². The summed E-state index contributed by atoms with van der Waals surface area (Å²) in [5, 5.41) is 7.17. The maximum atomic E-state index is 12.0. The average Bonchev–Trinajstić information content (AvgIpc) is 2.90. The molecule has 3 aromatic rings. The van der Waals surface area contributed by atoms with Crippen molar-refractivity contribution in [3.63, 3.8) is 0 Å². The predicted molar refractivity (Wildman–Crippen MR) is 76.9 cm³/mol. The second-order valence-electron chi connectivity index (χ2n) is 4.68. The lowest BCUT2D eigenvalue weighted by molar-refractivity contribution is 0.0923. The van der Waals surface area contributed by atoms with Crippen molar-refractivity contribution in [3.05, 3.63) is 64.3 Å². The van der Waals surface area contributed by atoms with E-state index in [4.69, 9.17) is 4.42 Å². The number of carbonyl (C=O) groups excluding carboxylic acids is 1. The number of benzene rings is 1. The Kier molecular flexibility index (Phi) is 3.27. The molecule has 0 aliphatic carbocycles. The van der Waals surface area contributed by atoms with Gasteiger partial charge in [0.2, 0.25) is 0 Å². The SMILES string of the molecule is Cn1cc(CNC(=O)c2cc(=O)c3ccccc3o2)cn1. The summed E-state index contributed by atoms with van der Waals surface area (Å²) >= 11 is 0. The minimum absolute atomic E-state index is 0.00240. The van der Waals surface area contributed by atoms with Crippen LogP contribution in [-0.4, -0.2) is 15.7 Å². The van der Waals surface area contributed by atoms with Crippen molar-refractivity contribution in [2.75, 3.05) is 0 Å². The Morgan fingerprint density at radius 2 is 2.19 bits per heavy atom. The van der Waals surface area contributed by atoms with Gasteiger partial charge in [0, 0.05) is 31.4 Å². The zero-order valence-corrected chi connectivity index (χ0v) is 11.4. The third-order valence-electron chi connectivity index (χ3n) is 3.07. The van der Waals surface area contributed by atoms with Gasteiger partial charge >= 0.3 is 0 Å². The van der Waals surface area contributed by atoms with E-state index in [0.717, 1.165) is 5.56 Å². The molecular weight excluding hydrogens is 270 g/mol. The van der Waals surface area contributed by atoms with Crippen LogP contribution in [0.5, 0.6) is 0 Å². The number of para-hydroxylation sites is 1. The van der Waals surface area contributed by atoms with Crippen molar-refractivity contribution in [1.29, 1.82) is 0 Å². The lowest BCUT2D eigenvalue weighted by atomic mass is 10.2. The molecular formula is C15H13N3O3. The molecule has 2 aromatic heterocycles. The summed E-state index contributed by atoms with van der Waals surface area (Å²) in [5.74, 6) is -0.427. The van der Waals surface area contributed by atoms with Gasteiger partial charge < -0.3 is 9.73 Å². The first-order valence-corrected chi connectivity index (χ1v) is 6.42. The fraction of sp³-hybridized carbons (Fsp3) is 0.133. The van der Waals surface area contributed by atoms with E-state index < -0.39 is 5.91 Å². The number of rotatable bonds is 3. The highest BCUT2D eigenvalue weighted by Gasteiger charge is 2.12. The lowest BCUT2D eigenvalue weighted by Gasteiger charge is -2.04. The highest BCUT2D eigenvalue weighted by atomic mass is 16.3. The van der Waals surface area contributed by atoms with Crippen molar-refractivity contribution in [2.45, 2.75) is 6.54 Å². The molecule has 0 saturated carbocycles. The smallest absolute Gasteiger partial charge is 0.287 e. The minimum Gasteiger partial charge on any atom is -0.451 e. The van der Waals surface area contributed by atoms with Gasteiger partial charge in [-0.2, -0.15) is 5.10 Å². The van der Waals surface area contributed by atoms with Gasteiger partial charge in [-0.1, -0.05) is 12.1 Å². The summed E-state index contributed by atoms with van der Waals surface area (Å²) < 4.78 is 7.12. The van der Waals surface area contributed by atoms with E-state index >= 15 is 0 Å². The van der Waals surface area contributed by atoms with Crippen LogP contribution in [-0.2, 0) is 13.6 Å². The van der Waals surface area contributed by atoms with Crippen LogP contribution < -0.4 is 10.7 Å². The van der Waals surface area contributed by atoms with Gasteiger partial charge in [0.1, 0.15) is 5.58 Å². The van der Waals surface area contributed by atoms with Gasteiger partial charge in [-0.25, -0.2) is 0 Å². The molecule has 0 bridgehead atoms. The zero-order chi connectivity index (χ0) is 14.8. The maximum absolute atomic E-state index is 12.0. The maximum Gasteiger partial charge on any atom is 0.287 e. The number of aromatic nitrogens is 2. The Hall–Kier alpha value is -2.89. The second-order valence-corrected chi connectivity index (χ2v) is 4.68. The molecule has 6 nitrogen and oxygen atoms in total. The van der Waals surface area contributed by atoms with E-state index in [1.165, 1.54) is 6.07 Å². The number of aryl methyl sites for hydroxylation is 1. The number of fused-ring (bicyclic) bond motifs is 1. The number of hydrogen-bond acceptors (Lipinski definition) is 4. The molecule has 106 valence electrons. The molecule has 0 fully saturated rings. The third-order valence-corrected chi connectivity index (χ3v) is 3.07. The molecule has 6 heteroatoms. The summed E-state index contributed by atoms with van der Waals surface area (Å²) in [4.78, 5) is 24.0. The standard InChI is InChI=1S/C15H13N3O3/c1-18-9-10(8-17-18)7-16-15(20)14-6-12(19)11-4-2-3-5-13(11)21-14/h2-6,8-9H,7H2,1H3,(H,16,20). The Balaban J connectivity index is 1.83. The Bertz CT molecular complexity index is 864. The molecule has 1 amide bonds. The summed E-state index contributed by atoms with van der Waals surface area (Å²) in [6, 6.07) is 8.04. The van der Waals surface area contributed by atoms with Crippen molar-refractivity contribution >= 4 is 16.9 Å². The number of amides is 1. The molecule has 0 spiro atoms. The van der Waals surface area contributed by atoms with Crippen LogP contribution in [0.15, 0.2) is 51.9 Å². The molecule has 0 radical (unpaired) electrons. The van der Waals surface area contributed by atoms with Crippen LogP contribution in [0, 0.1) is 0 Å². The van der Waals surface area contributed by atoms with Gasteiger partial charge in [-0.05, 0) is 12.1 Å². The quantitative estimate of drug-likeness (QED) is 0.789. The first kappa shape index (κ1) is 13.1. The van der Waals surface area contributed by atoms with E-state index in [2.05, 4.69) is 10.4 Å². The van der Waals surface area contributed by atoms with E-state index in [0.29, 0.717) is 17.5 Å². The normalized spacial score (nSPS) is 10.7. The van der Waals surface area contributed by atoms with E-state index in [9.17, 15) is 9.59 Å². The molecule has 1 N–H and O–H groups in total. The highest BCUT2D eigenvalue weighted by molar-refractivity contribution is 5.93.